The van der Waals surface area contributed by atoms with Crippen molar-refractivity contribution in [2.24, 2.45) is 13.0 Å². The van der Waals surface area contributed by atoms with Crippen molar-refractivity contribution in [3.05, 3.63) is 0 Å². The third-order valence-corrected chi connectivity index (χ3v) is 1.80. The molecular formula is C10H20N4O. The minimum absolute atomic E-state index is 0.339. The molecule has 1 heterocycles. The predicted octanol–water partition coefficient (Wildman–Crippen LogP) is 1.67. The van der Waals surface area contributed by atoms with Crippen LogP contribution in [0.3, 0.4) is 0 Å². The number of rotatable bonds is 5. The SMILES string of the molecule is CC(C)COc1nnc(NC(C)C)n1C. The maximum atomic E-state index is 5.51. The molecule has 0 atom stereocenters. The Bertz CT molecular complexity index is 306. The molecule has 0 saturated carbocycles. The molecule has 0 fully saturated rings. The first-order valence-corrected chi connectivity index (χ1v) is 5.29. The smallest absolute Gasteiger partial charge is 0.318 e. The Kier molecular flexibility index (Phi) is 3.94. The summed E-state index contributed by atoms with van der Waals surface area (Å²) >= 11 is 0. The first-order chi connectivity index (χ1) is 7.00. The molecule has 0 saturated heterocycles. The van der Waals surface area contributed by atoms with E-state index in [4.69, 9.17) is 4.74 Å². The molecule has 0 spiro atoms. The molecule has 5 heteroatoms. The van der Waals surface area contributed by atoms with Gasteiger partial charge in [-0.2, -0.15) is 0 Å². The van der Waals surface area contributed by atoms with E-state index in [-0.39, 0.29) is 0 Å². The van der Waals surface area contributed by atoms with Crippen LogP contribution >= 0.6 is 0 Å². The Morgan fingerprint density at radius 1 is 1.27 bits per heavy atom. The fourth-order valence-electron chi connectivity index (χ4n) is 1.07. The number of hydrogen-bond acceptors (Lipinski definition) is 4. The van der Waals surface area contributed by atoms with Gasteiger partial charge < -0.3 is 10.1 Å². The van der Waals surface area contributed by atoms with Crippen molar-refractivity contribution in [1.29, 1.82) is 0 Å². The second kappa shape index (κ2) is 5.00. The van der Waals surface area contributed by atoms with Crippen LogP contribution in [0, 0.1) is 5.92 Å². The molecule has 0 aliphatic rings. The first kappa shape index (κ1) is 11.8. The number of nitrogens with zero attached hydrogens (tertiary/aromatic N) is 3. The molecule has 15 heavy (non-hydrogen) atoms. The molecule has 1 rings (SSSR count). The average Bonchev–Trinajstić information content (AvgIpc) is 2.44. The zero-order valence-electron chi connectivity index (χ0n) is 10.1. The Balaban J connectivity index is 2.63. The molecule has 1 N–H and O–H groups in total. The first-order valence-electron chi connectivity index (χ1n) is 5.29. The van der Waals surface area contributed by atoms with Crippen molar-refractivity contribution < 1.29 is 4.74 Å². The Morgan fingerprint density at radius 3 is 2.47 bits per heavy atom. The van der Waals surface area contributed by atoms with Crippen molar-refractivity contribution in [1.82, 2.24) is 14.8 Å². The maximum Gasteiger partial charge on any atom is 0.318 e. The highest BCUT2D eigenvalue weighted by Crippen LogP contribution is 2.13. The van der Waals surface area contributed by atoms with Crippen molar-refractivity contribution in [2.75, 3.05) is 11.9 Å². The highest BCUT2D eigenvalue weighted by atomic mass is 16.5. The highest BCUT2D eigenvalue weighted by Gasteiger charge is 2.10. The summed E-state index contributed by atoms with van der Waals surface area (Å²) in [5, 5.41) is 11.2. The lowest BCUT2D eigenvalue weighted by atomic mass is 10.2. The summed E-state index contributed by atoms with van der Waals surface area (Å²) in [7, 11) is 1.89. The van der Waals surface area contributed by atoms with Gasteiger partial charge >= 0.3 is 6.01 Å². The van der Waals surface area contributed by atoms with Gasteiger partial charge in [-0.05, 0) is 19.8 Å². The molecule has 0 aromatic carbocycles. The summed E-state index contributed by atoms with van der Waals surface area (Å²) in [5.74, 6) is 1.23. The third kappa shape index (κ3) is 3.42. The van der Waals surface area contributed by atoms with Crippen LogP contribution < -0.4 is 10.1 Å². The second-order valence-electron chi connectivity index (χ2n) is 4.37. The van der Waals surface area contributed by atoms with E-state index < -0.39 is 0 Å². The minimum Gasteiger partial charge on any atom is -0.463 e. The number of aromatic nitrogens is 3. The van der Waals surface area contributed by atoms with Crippen molar-refractivity contribution in [3.63, 3.8) is 0 Å². The fourth-order valence-corrected chi connectivity index (χ4v) is 1.07. The number of nitrogens with one attached hydrogen (secondary N) is 1. The number of anilines is 1. The van der Waals surface area contributed by atoms with E-state index in [1.165, 1.54) is 0 Å². The van der Waals surface area contributed by atoms with E-state index in [2.05, 4.69) is 43.2 Å². The second-order valence-corrected chi connectivity index (χ2v) is 4.37. The van der Waals surface area contributed by atoms with Crippen molar-refractivity contribution >= 4 is 5.95 Å². The highest BCUT2D eigenvalue weighted by molar-refractivity contribution is 5.28. The molecule has 1 aromatic heterocycles. The van der Waals surface area contributed by atoms with E-state index in [0.29, 0.717) is 24.6 Å². The zero-order chi connectivity index (χ0) is 11.4. The number of hydrogen-bond donors (Lipinski definition) is 1. The van der Waals surface area contributed by atoms with Gasteiger partial charge in [0.15, 0.2) is 0 Å². The van der Waals surface area contributed by atoms with Gasteiger partial charge in [0.1, 0.15) is 0 Å². The summed E-state index contributed by atoms with van der Waals surface area (Å²) in [5.41, 5.74) is 0. The maximum absolute atomic E-state index is 5.51. The van der Waals surface area contributed by atoms with Crippen molar-refractivity contribution in [2.45, 2.75) is 33.7 Å². The molecule has 1 aromatic rings. The van der Waals surface area contributed by atoms with Gasteiger partial charge in [0, 0.05) is 13.1 Å². The van der Waals surface area contributed by atoms with Gasteiger partial charge in [-0.15, -0.1) is 5.10 Å². The molecule has 5 nitrogen and oxygen atoms in total. The van der Waals surface area contributed by atoms with Gasteiger partial charge in [0.2, 0.25) is 5.95 Å². The standard InChI is InChI=1S/C10H20N4O/c1-7(2)6-15-10-13-12-9(14(10)5)11-8(3)4/h7-8H,6H2,1-5H3,(H,11,12). The monoisotopic (exact) mass is 212 g/mol. The van der Waals surface area contributed by atoms with Gasteiger partial charge in [-0.1, -0.05) is 18.9 Å². The van der Waals surface area contributed by atoms with E-state index in [9.17, 15) is 0 Å². The summed E-state index contributed by atoms with van der Waals surface area (Å²) < 4.78 is 7.33. The van der Waals surface area contributed by atoms with E-state index in [1.807, 2.05) is 11.6 Å². The van der Waals surface area contributed by atoms with Gasteiger partial charge in [-0.25, -0.2) is 0 Å². The van der Waals surface area contributed by atoms with E-state index >= 15 is 0 Å². The average molecular weight is 212 g/mol. The van der Waals surface area contributed by atoms with Crippen LogP contribution in [0.2, 0.25) is 0 Å². The summed E-state index contributed by atoms with van der Waals surface area (Å²) in [6, 6.07) is 0.901. The van der Waals surface area contributed by atoms with Crippen LogP contribution in [0.4, 0.5) is 5.95 Å². The lowest BCUT2D eigenvalue weighted by molar-refractivity contribution is 0.243. The lowest BCUT2D eigenvalue weighted by Gasteiger charge is -2.10. The van der Waals surface area contributed by atoms with Gasteiger partial charge in [0.05, 0.1) is 6.61 Å². The molecule has 0 bridgehead atoms. The molecule has 0 radical (unpaired) electrons. The molecule has 0 unspecified atom stereocenters. The van der Waals surface area contributed by atoms with Crippen molar-refractivity contribution in [3.8, 4) is 6.01 Å². The molecule has 86 valence electrons. The van der Waals surface area contributed by atoms with E-state index in [0.717, 1.165) is 5.95 Å². The quantitative estimate of drug-likeness (QED) is 0.806. The van der Waals surface area contributed by atoms with Crippen LogP contribution in [0.25, 0.3) is 0 Å². The predicted molar refractivity (Wildman–Crippen MR) is 60.1 cm³/mol. The minimum atomic E-state index is 0.339. The lowest BCUT2D eigenvalue weighted by Crippen LogP contribution is -2.14. The Morgan fingerprint density at radius 2 is 1.93 bits per heavy atom. The third-order valence-electron chi connectivity index (χ3n) is 1.80. The largest absolute Gasteiger partial charge is 0.463 e. The van der Waals surface area contributed by atoms with Crippen LogP contribution in [0.15, 0.2) is 0 Å². The summed E-state index contributed by atoms with van der Waals surface area (Å²) in [4.78, 5) is 0. The Hall–Kier alpha value is -1.26. The molecule has 0 aliphatic heterocycles. The topological polar surface area (TPSA) is 52.0 Å². The molecule has 0 amide bonds. The normalized spacial score (nSPS) is 11.1. The van der Waals surface area contributed by atoms with E-state index in [1.54, 1.807) is 0 Å². The van der Waals surface area contributed by atoms with Crippen LogP contribution in [0.5, 0.6) is 6.01 Å². The Labute approximate surface area is 90.8 Å². The van der Waals surface area contributed by atoms with Gasteiger partial charge in [-0.3, -0.25) is 4.57 Å². The number of ether oxygens (including phenoxy) is 1. The molecule has 0 aliphatic carbocycles. The van der Waals surface area contributed by atoms with Crippen LogP contribution in [0.1, 0.15) is 27.7 Å². The van der Waals surface area contributed by atoms with Crippen LogP contribution in [-0.4, -0.2) is 27.4 Å². The molecular weight excluding hydrogens is 192 g/mol. The van der Waals surface area contributed by atoms with Crippen LogP contribution in [-0.2, 0) is 7.05 Å². The zero-order valence-corrected chi connectivity index (χ0v) is 10.1. The summed E-state index contributed by atoms with van der Waals surface area (Å²) in [6.45, 7) is 8.98. The fraction of sp³-hybridized carbons (Fsp3) is 0.800. The summed E-state index contributed by atoms with van der Waals surface area (Å²) in [6.07, 6.45) is 0. The van der Waals surface area contributed by atoms with Gasteiger partial charge in [0.25, 0.3) is 0 Å².